The molecule has 10 heteroatoms. The summed E-state index contributed by atoms with van der Waals surface area (Å²) in [7, 11) is -3.59. The maximum atomic E-state index is 12.8. The van der Waals surface area contributed by atoms with E-state index in [0.29, 0.717) is 18.5 Å². The molecule has 4 aromatic carbocycles. The number of hydrogen-bond donors (Lipinski definition) is 6. The second-order valence-electron chi connectivity index (χ2n) is 11.2. The van der Waals surface area contributed by atoms with Crippen LogP contribution in [0.5, 0.6) is 11.5 Å². The molecule has 0 heterocycles. The van der Waals surface area contributed by atoms with E-state index in [1.54, 1.807) is 12.1 Å². The Morgan fingerprint density at radius 2 is 1.57 bits per heavy atom. The van der Waals surface area contributed by atoms with Crippen molar-refractivity contribution in [1.82, 2.24) is 10.6 Å². The fourth-order valence-corrected chi connectivity index (χ4v) is 5.46. The zero-order chi connectivity index (χ0) is 30.5. The van der Waals surface area contributed by atoms with Gasteiger partial charge in [-0.25, -0.2) is 8.42 Å². The van der Waals surface area contributed by atoms with Crippen LogP contribution in [0.1, 0.15) is 42.2 Å². The maximum Gasteiger partial charge on any atom is 0.229 e. The molecule has 42 heavy (non-hydrogen) atoms. The zero-order valence-corrected chi connectivity index (χ0v) is 24.7. The van der Waals surface area contributed by atoms with Crippen molar-refractivity contribution in [2.45, 2.75) is 44.9 Å². The fourth-order valence-electron chi connectivity index (χ4n) is 4.90. The largest absolute Gasteiger partial charge is 0.507 e. The van der Waals surface area contributed by atoms with Gasteiger partial charge in [0.05, 0.1) is 24.5 Å². The predicted octanol–water partition coefficient (Wildman–Crippen LogP) is 4.13. The maximum absolute atomic E-state index is 12.8. The monoisotopic (exact) mass is 591 g/mol. The minimum Gasteiger partial charge on any atom is -0.507 e. The highest BCUT2D eigenvalue weighted by Gasteiger charge is 2.21. The van der Waals surface area contributed by atoms with Crippen LogP contribution in [0.3, 0.4) is 0 Å². The minimum absolute atomic E-state index is 0.00517. The van der Waals surface area contributed by atoms with E-state index in [4.69, 9.17) is 0 Å². The van der Waals surface area contributed by atoms with Crippen molar-refractivity contribution in [3.05, 3.63) is 101 Å². The number of sulfonamides is 1. The number of β-amino-alcohol motifs (C(OH)–C–C–N with tert-alkyl or cyclic N) is 1. The lowest BCUT2D eigenvalue weighted by molar-refractivity contribution is -0.120. The Morgan fingerprint density at radius 3 is 2.31 bits per heavy atom. The number of phenolic OH excluding ortho intramolecular Hbond substituents is 2. The standard InChI is InChI=1S/C32H37N3O6S/c1-32(2,34-20-30(38)23-11-14-29(37)27(17-23)35-42(3,40)41)18-22-8-6-7-21(15-22)16-31(39)33-19-24-12-13-28(36)26-10-5-4-9-25(24)26/h4-15,17,30,34-38H,16,18-20H2,1-3H3,(H,33,39)/t30-/m1/s1. The Morgan fingerprint density at radius 1 is 0.881 bits per heavy atom. The Labute approximate surface area is 246 Å². The SMILES string of the molecule is CC(C)(Cc1cccc(CC(=O)NCc2ccc(O)c3ccccc23)c1)NC[C@@H](O)c1ccc(O)c(NS(C)(=O)=O)c1. The van der Waals surface area contributed by atoms with E-state index in [0.717, 1.165) is 33.7 Å². The van der Waals surface area contributed by atoms with E-state index in [1.165, 1.54) is 12.1 Å². The smallest absolute Gasteiger partial charge is 0.229 e. The second-order valence-corrected chi connectivity index (χ2v) is 12.9. The van der Waals surface area contributed by atoms with Crippen molar-refractivity contribution in [2.75, 3.05) is 17.5 Å². The van der Waals surface area contributed by atoms with Crippen molar-refractivity contribution in [3.63, 3.8) is 0 Å². The first-order chi connectivity index (χ1) is 19.8. The highest BCUT2D eigenvalue weighted by Crippen LogP contribution is 2.29. The summed E-state index contributed by atoms with van der Waals surface area (Å²) in [5, 5.41) is 38.8. The van der Waals surface area contributed by atoms with Crippen molar-refractivity contribution in [3.8, 4) is 11.5 Å². The topological polar surface area (TPSA) is 148 Å². The Hall–Kier alpha value is -4.12. The van der Waals surface area contributed by atoms with Crippen LogP contribution in [0.25, 0.3) is 10.8 Å². The van der Waals surface area contributed by atoms with Gasteiger partial charge in [-0.15, -0.1) is 0 Å². The molecule has 0 aliphatic heterocycles. The van der Waals surface area contributed by atoms with Crippen molar-refractivity contribution in [1.29, 1.82) is 0 Å². The summed E-state index contributed by atoms with van der Waals surface area (Å²) in [6, 6.07) is 23.1. The fraction of sp³-hybridized carbons (Fsp3) is 0.281. The number of rotatable bonds is 12. The van der Waals surface area contributed by atoms with Gasteiger partial charge in [0.25, 0.3) is 0 Å². The minimum atomic E-state index is -3.59. The molecule has 0 spiro atoms. The Kier molecular flexibility index (Phi) is 9.40. The zero-order valence-electron chi connectivity index (χ0n) is 23.9. The number of carbonyl (C=O) groups excluding carboxylic acids is 1. The van der Waals surface area contributed by atoms with Gasteiger partial charge < -0.3 is 26.0 Å². The lowest BCUT2D eigenvalue weighted by Gasteiger charge is -2.28. The number of benzene rings is 4. The third kappa shape index (κ3) is 8.45. The van der Waals surface area contributed by atoms with E-state index in [1.807, 2.05) is 68.4 Å². The molecular weight excluding hydrogens is 554 g/mol. The summed E-state index contributed by atoms with van der Waals surface area (Å²) in [5.41, 5.74) is 2.89. The summed E-state index contributed by atoms with van der Waals surface area (Å²) in [4.78, 5) is 12.8. The molecule has 6 N–H and O–H groups in total. The van der Waals surface area contributed by atoms with Crippen molar-refractivity contribution in [2.24, 2.45) is 0 Å². The lowest BCUT2D eigenvalue weighted by atomic mass is 9.93. The number of carbonyl (C=O) groups is 1. The van der Waals surface area contributed by atoms with E-state index < -0.39 is 21.7 Å². The van der Waals surface area contributed by atoms with Crippen LogP contribution in [0.4, 0.5) is 5.69 Å². The number of aliphatic hydroxyl groups excluding tert-OH is 1. The molecule has 1 amide bonds. The van der Waals surface area contributed by atoms with Gasteiger partial charge in [-0.2, -0.15) is 0 Å². The van der Waals surface area contributed by atoms with E-state index >= 15 is 0 Å². The molecule has 222 valence electrons. The van der Waals surface area contributed by atoms with Crippen LogP contribution in [-0.4, -0.2) is 48.0 Å². The highest BCUT2D eigenvalue weighted by molar-refractivity contribution is 7.92. The number of fused-ring (bicyclic) bond motifs is 1. The molecule has 9 nitrogen and oxygen atoms in total. The molecule has 0 aliphatic carbocycles. The number of aromatic hydroxyl groups is 2. The first kappa shape index (κ1) is 30.8. The summed E-state index contributed by atoms with van der Waals surface area (Å²) in [5.74, 6) is -0.128. The second kappa shape index (κ2) is 12.8. The summed E-state index contributed by atoms with van der Waals surface area (Å²) >= 11 is 0. The third-order valence-corrected chi connectivity index (χ3v) is 7.53. The van der Waals surface area contributed by atoms with Gasteiger partial charge in [0.15, 0.2) is 0 Å². The van der Waals surface area contributed by atoms with Crippen molar-refractivity contribution < 1.29 is 28.5 Å². The van der Waals surface area contributed by atoms with Gasteiger partial charge >= 0.3 is 0 Å². The molecule has 0 saturated carbocycles. The number of phenols is 2. The lowest BCUT2D eigenvalue weighted by Crippen LogP contribution is -2.43. The molecule has 0 radical (unpaired) electrons. The summed E-state index contributed by atoms with van der Waals surface area (Å²) in [6.07, 6.45) is 0.901. The first-order valence-electron chi connectivity index (χ1n) is 13.6. The van der Waals surface area contributed by atoms with Crippen LogP contribution in [-0.2, 0) is 34.2 Å². The van der Waals surface area contributed by atoms with Gasteiger partial charge in [-0.1, -0.05) is 60.7 Å². The van der Waals surface area contributed by atoms with E-state index in [-0.39, 0.29) is 36.1 Å². The molecule has 0 fully saturated rings. The average molecular weight is 592 g/mol. The molecular formula is C32H37N3O6S. The Bertz CT molecular complexity index is 1690. The first-order valence-corrected chi connectivity index (χ1v) is 15.5. The van der Waals surface area contributed by atoms with E-state index in [2.05, 4.69) is 15.4 Å². The van der Waals surface area contributed by atoms with Crippen LogP contribution < -0.4 is 15.4 Å². The van der Waals surface area contributed by atoms with Crippen LogP contribution >= 0.6 is 0 Å². The number of aliphatic hydroxyl groups is 1. The van der Waals surface area contributed by atoms with E-state index in [9.17, 15) is 28.5 Å². The number of amides is 1. The van der Waals surface area contributed by atoms with Gasteiger partial charge in [0.1, 0.15) is 11.5 Å². The third-order valence-electron chi connectivity index (χ3n) is 6.94. The average Bonchev–Trinajstić information content (AvgIpc) is 2.92. The molecule has 0 aromatic heterocycles. The highest BCUT2D eigenvalue weighted by atomic mass is 32.2. The molecule has 0 unspecified atom stereocenters. The molecule has 4 aromatic rings. The molecule has 1 atom stereocenters. The summed E-state index contributed by atoms with van der Waals surface area (Å²) < 4.78 is 25.4. The predicted molar refractivity (Wildman–Crippen MR) is 165 cm³/mol. The van der Waals surface area contributed by atoms with Gasteiger partial charge in [0, 0.05) is 24.0 Å². The quantitative estimate of drug-likeness (QED) is 0.136. The number of anilines is 1. The van der Waals surface area contributed by atoms with Crippen molar-refractivity contribution >= 4 is 32.4 Å². The van der Waals surface area contributed by atoms with Gasteiger partial charge in [-0.05, 0) is 66.1 Å². The normalized spacial score (nSPS) is 12.7. The Balaban J connectivity index is 1.33. The molecule has 0 bridgehead atoms. The van der Waals surface area contributed by atoms with Gasteiger partial charge in [-0.3, -0.25) is 9.52 Å². The summed E-state index contributed by atoms with van der Waals surface area (Å²) in [6.45, 7) is 4.57. The van der Waals surface area contributed by atoms with Crippen LogP contribution in [0, 0.1) is 0 Å². The number of hydrogen-bond acceptors (Lipinski definition) is 7. The number of nitrogens with one attached hydrogen (secondary N) is 3. The van der Waals surface area contributed by atoms with Gasteiger partial charge in [0.2, 0.25) is 15.9 Å². The van der Waals surface area contributed by atoms with Crippen LogP contribution in [0.15, 0.2) is 78.9 Å². The molecule has 4 rings (SSSR count). The molecule has 0 aliphatic rings. The van der Waals surface area contributed by atoms with Crippen LogP contribution in [0.2, 0.25) is 0 Å². The molecule has 0 saturated heterocycles.